The van der Waals surface area contributed by atoms with Gasteiger partial charge in [0.1, 0.15) is 9.84 Å². The molecule has 0 fully saturated rings. The quantitative estimate of drug-likeness (QED) is 0.643. The average Bonchev–Trinajstić information content (AvgIpc) is 2.71. The molecule has 1 N–H and O–H groups in total. The van der Waals surface area contributed by atoms with E-state index in [1.54, 1.807) is 23.1 Å². The fourth-order valence-electron chi connectivity index (χ4n) is 1.15. The predicted octanol–water partition coefficient (Wildman–Crippen LogP) is 1.76. The maximum Gasteiger partial charge on any atom is 0.148 e. The Morgan fingerprint density at radius 1 is 1.50 bits per heavy atom. The molecule has 0 aromatic carbocycles. The first-order valence-electron chi connectivity index (χ1n) is 5.44. The summed E-state index contributed by atoms with van der Waals surface area (Å²) in [6, 6.07) is 1.96. The molecule has 0 saturated carbocycles. The van der Waals surface area contributed by atoms with E-state index in [0.29, 0.717) is 12.2 Å². The van der Waals surface area contributed by atoms with Gasteiger partial charge in [0.05, 0.1) is 12.4 Å². The van der Waals surface area contributed by atoms with Crippen LogP contribution in [-0.4, -0.2) is 37.9 Å². The zero-order chi connectivity index (χ0) is 13.4. The highest BCUT2D eigenvalue weighted by Crippen LogP contribution is 2.22. The lowest BCUT2D eigenvalue weighted by Crippen LogP contribution is -2.05. The van der Waals surface area contributed by atoms with Crippen molar-refractivity contribution in [3.05, 3.63) is 21.9 Å². The fourth-order valence-corrected chi connectivity index (χ4v) is 4.46. The maximum atomic E-state index is 11.0. The molecule has 0 amide bonds. The number of hydrogen-bond acceptors (Lipinski definition) is 5. The molecular formula is C12H16O3S3. The fraction of sp³-hybridized carbons (Fsp3) is 0.500. The van der Waals surface area contributed by atoms with Crippen LogP contribution in [0, 0.1) is 11.8 Å². The third-order valence-corrected chi connectivity index (χ3v) is 5.33. The Kier molecular flexibility index (Phi) is 6.79. The molecule has 0 atom stereocenters. The summed E-state index contributed by atoms with van der Waals surface area (Å²) in [6.45, 7) is 0.0789. The van der Waals surface area contributed by atoms with Crippen LogP contribution in [0.1, 0.15) is 16.9 Å². The molecule has 0 saturated heterocycles. The molecule has 3 nitrogen and oxygen atoms in total. The molecule has 0 aliphatic rings. The van der Waals surface area contributed by atoms with Crippen LogP contribution < -0.4 is 0 Å². The smallest absolute Gasteiger partial charge is 0.148 e. The molecule has 1 heterocycles. The largest absolute Gasteiger partial charge is 0.395 e. The van der Waals surface area contributed by atoms with Crippen molar-refractivity contribution in [2.24, 2.45) is 0 Å². The normalized spacial score (nSPS) is 11.0. The molecule has 1 aromatic heterocycles. The summed E-state index contributed by atoms with van der Waals surface area (Å²) < 4.78 is 22.0. The predicted molar refractivity (Wildman–Crippen MR) is 78.8 cm³/mol. The number of thioether (sulfide) groups is 1. The summed E-state index contributed by atoms with van der Waals surface area (Å²) in [4.78, 5) is 1.17. The third kappa shape index (κ3) is 6.45. The molecule has 0 aliphatic heterocycles. The molecule has 6 heteroatoms. The first-order chi connectivity index (χ1) is 8.53. The Hall–Kier alpha value is -0.480. The number of aliphatic hydroxyl groups is 1. The van der Waals surface area contributed by atoms with Gasteiger partial charge in [0, 0.05) is 34.6 Å². The van der Waals surface area contributed by atoms with Crippen molar-refractivity contribution in [2.45, 2.75) is 12.2 Å². The summed E-state index contributed by atoms with van der Waals surface area (Å²) in [5.41, 5.74) is 0.986. The molecular weight excluding hydrogens is 288 g/mol. The second-order valence-corrected chi connectivity index (χ2v) is 8.08. The molecule has 0 radical (unpaired) electrons. The SMILES string of the molecule is CS(=O)(=O)CCSCc1sccc1C#CCCO. The Morgan fingerprint density at radius 2 is 2.28 bits per heavy atom. The highest BCUT2D eigenvalue weighted by atomic mass is 32.2. The highest BCUT2D eigenvalue weighted by molar-refractivity contribution is 8.00. The molecule has 0 aliphatic carbocycles. The monoisotopic (exact) mass is 304 g/mol. The van der Waals surface area contributed by atoms with Gasteiger partial charge in [-0.2, -0.15) is 11.8 Å². The Labute approximate surface area is 117 Å². The van der Waals surface area contributed by atoms with E-state index in [2.05, 4.69) is 11.8 Å². The standard InChI is InChI=1S/C12H16O3S3/c1-18(14,15)9-8-16-10-12-11(5-7-17-12)4-2-3-6-13/h5,7,13H,3,6,8-10H2,1H3. The van der Waals surface area contributed by atoms with Gasteiger partial charge in [0.2, 0.25) is 0 Å². The van der Waals surface area contributed by atoms with Crippen LogP contribution in [0.3, 0.4) is 0 Å². The van der Waals surface area contributed by atoms with Gasteiger partial charge in [0.25, 0.3) is 0 Å². The number of sulfone groups is 1. The molecule has 100 valence electrons. The average molecular weight is 304 g/mol. The van der Waals surface area contributed by atoms with Gasteiger partial charge in [-0.05, 0) is 11.4 Å². The molecule has 0 spiro atoms. The van der Waals surface area contributed by atoms with Gasteiger partial charge in [-0.25, -0.2) is 8.42 Å². The van der Waals surface area contributed by atoms with Crippen molar-refractivity contribution in [1.82, 2.24) is 0 Å². The zero-order valence-corrected chi connectivity index (χ0v) is 12.6. The summed E-state index contributed by atoms with van der Waals surface area (Å²) in [5, 5.41) is 10.6. The van der Waals surface area contributed by atoms with E-state index in [1.807, 2.05) is 11.4 Å². The number of rotatable bonds is 6. The van der Waals surface area contributed by atoms with Gasteiger partial charge >= 0.3 is 0 Å². The van der Waals surface area contributed by atoms with Crippen molar-refractivity contribution in [3.8, 4) is 11.8 Å². The minimum atomic E-state index is -2.87. The van der Waals surface area contributed by atoms with Crippen molar-refractivity contribution >= 4 is 32.9 Å². The molecule has 0 unspecified atom stereocenters. The number of thiophene rings is 1. The van der Waals surface area contributed by atoms with Gasteiger partial charge in [-0.3, -0.25) is 0 Å². The molecule has 1 rings (SSSR count). The van der Waals surface area contributed by atoms with Crippen LogP contribution in [0.2, 0.25) is 0 Å². The summed E-state index contributed by atoms with van der Waals surface area (Å²) >= 11 is 3.24. The Balaban J connectivity index is 2.44. The van der Waals surface area contributed by atoms with Crippen LogP contribution in [0.25, 0.3) is 0 Å². The van der Waals surface area contributed by atoms with Crippen LogP contribution >= 0.6 is 23.1 Å². The lowest BCUT2D eigenvalue weighted by molar-refractivity contribution is 0.305. The summed E-state index contributed by atoms with van der Waals surface area (Å²) in [5.74, 6) is 7.53. The van der Waals surface area contributed by atoms with Crippen LogP contribution in [-0.2, 0) is 15.6 Å². The van der Waals surface area contributed by atoms with Crippen LogP contribution in [0.4, 0.5) is 0 Å². The summed E-state index contributed by atoms with van der Waals surface area (Å²) in [6.07, 6.45) is 1.74. The van der Waals surface area contributed by atoms with E-state index in [0.717, 1.165) is 11.3 Å². The molecule has 0 bridgehead atoms. The van der Waals surface area contributed by atoms with E-state index in [-0.39, 0.29) is 12.4 Å². The minimum Gasteiger partial charge on any atom is -0.395 e. The van der Waals surface area contributed by atoms with E-state index in [4.69, 9.17) is 5.11 Å². The second-order valence-electron chi connectivity index (χ2n) is 3.72. The summed E-state index contributed by atoms with van der Waals surface area (Å²) in [7, 11) is -2.87. The maximum absolute atomic E-state index is 11.0. The first-order valence-corrected chi connectivity index (χ1v) is 9.54. The van der Waals surface area contributed by atoms with E-state index in [1.165, 1.54) is 11.1 Å². The van der Waals surface area contributed by atoms with Crippen molar-refractivity contribution < 1.29 is 13.5 Å². The van der Waals surface area contributed by atoms with Crippen LogP contribution in [0.15, 0.2) is 11.4 Å². The van der Waals surface area contributed by atoms with Gasteiger partial charge in [-0.15, -0.1) is 11.3 Å². The van der Waals surface area contributed by atoms with E-state index in [9.17, 15) is 8.42 Å². The highest BCUT2D eigenvalue weighted by Gasteiger charge is 2.05. The van der Waals surface area contributed by atoms with Crippen molar-refractivity contribution in [2.75, 3.05) is 24.4 Å². The third-order valence-electron chi connectivity index (χ3n) is 2.04. The van der Waals surface area contributed by atoms with Gasteiger partial charge in [-0.1, -0.05) is 11.8 Å². The Morgan fingerprint density at radius 3 is 2.94 bits per heavy atom. The lowest BCUT2D eigenvalue weighted by Gasteiger charge is -1.99. The minimum absolute atomic E-state index is 0.0789. The van der Waals surface area contributed by atoms with Crippen molar-refractivity contribution in [1.29, 1.82) is 0 Å². The first kappa shape index (κ1) is 15.6. The van der Waals surface area contributed by atoms with Gasteiger partial charge < -0.3 is 5.11 Å². The van der Waals surface area contributed by atoms with Gasteiger partial charge in [0.15, 0.2) is 0 Å². The second kappa shape index (κ2) is 7.85. The number of aliphatic hydroxyl groups excluding tert-OH is 1. The Bertz CT molecular complexity index is 520. The zero-order valence-electron chi connectivity index (χ0n) is 10.2. The number of hydrogen-bond donors (Lipinski definition) is 1. The van der Waals surface area contributed by atoms with Crippen molar-refractivity contribution in [3.63, 3.8) is 0 Å². The van der Waals surface area contributed by atoms with E-state index < -0.39 is 9.84 Å². The molecule has 18 heavy (non-hydrogen) atoms. The van der Waals surface area contributed by atoms with E-state index >= 15 is 0 Å². The van der Waals surface area contributed by atoms with Crippen LogP contribution in [0.5, 0.6) is 0 Å². The topological polar surface area (TPSA) is 54.4 Å². The molecule has 1 aromatic rings. The lowest BCUT2D eigenvalue weighted by atomic mass is 10.2.